The Morgan fingerprint density at radius 3 is 2.26 bits per heavy atom. The summed E-state index contributed by atoms with van der Waals surface area (Å²) in [6.45, 7) is 4.31. The number of hydrogen-bond acceptors (Lipinski definition) is 2. The molecule has 0 aliphatic rings. The van der Waals surface area contributed by atoms with Gasteiger partial charge in [0.1, 0.15) is 12.4 Å². The molecule has 0 saturated carbocycles. The van der Waals surface area contributed by atoms with Crippen LogP contribution in [-0.4, -0.2) is 6.21 Å². The van der Waals surface area contributed by atoms with Gasteiger partial charge in [-0.2, -0.15) is 0 Å². The molecule has 0 N–H and O–H groups in total. The Labute approximate surface area is 168 Å². The Bertz CT molecular complexity index is 961. The van der Waals surface area contributed by atoms with E-state index in [9.17, 15) is 4.39 Å². The number of nitrogens with zero attached hydrogens (tertiary/aromatic N) is 1. The molecule has 0 spiro atoms. The monoisotopic (exact) mass is 401 g/mol. The van der Waals surface area contributed by atoms with Crippen molar-refractivity contribution in [2.24, 2.45) is 4.99 Å². The number of rotatable bonds is 5. The highest BCUT2D eigenvalue weighted by Gasteiger charge is 2.10. The second-order valence-corrected chi connectivity index (χ2v) is 7.09. The fraction of sp³-hybridized carbons (Fsp3) is 0.136. The Morgan fingerprint density at radius 2 is 1.63 bits per heavy atom. The lowest BCUT2D eigenvalue weighted by Gasteiger charge is -2.11. The van der Waals surface area contributed by atoms with Crippen molar-refractivity contribution in [3.05, 3.63) is 92.7 Å². The average Bonchev–Trinajstić information content (AvgIpc) is 2.62. The van der Waals surface area contributed by atoms with Crippen molar-refractivity contribution in [2.75, 3.05) is 0 Å². The maximum Gasteiger partial charge on any atom is 0.157 e. The van der Waals surface area contributed by atoms with Crippen LogP contribution in [0.5, 0.6) is 5.75 Å². The van der Waals surface area contributed by atoms with Gasteiger partial charge in [0.25, 0.3) is 0 Å². The maximum atomic E-state index is 13.0. The lowest BCUT2D eigenvalue weighted by molar-refractivity contribution is 0.306. The SMILES string of the molecule is Cc1ccc(N=Cc2cc(Cl)c(OCc3ccc(F)cc3)c(Cl)c2)c(C)c1. The van der Waals surface area contributed by atoms with E-state index in [1.807, 2.05) is 26.0 Å². The minimum atomic E-state index is -0.290. The van der Waals surface area contributed by atoms with E-state index in [0.29, 0.717) is 15.8 Å². The van der Waals surface area contributed by atoms with Gasteiger partial charge in [0.2, 0.25) is 0 Å². The molecular formula is C22H18Cl2FNO. The number of aryl methyl sites for hydroxylation is 2. The summed E-state index contributed by atoms with van der Waals surface area (Å²) in [4.78, 5) is 4.51. The largest absolute Gasteiger partial charge is 0.486 e. The van der Waals surface area contributed by atoms with Gasteiger partial charge < -0.3 is 4.74 Å². The zero-order valence-electron chi connectivity index (χ0n) is 15.0. The highest BCUT2D eigenvalue weighted by molar-refractivity contribution is 6.37. The number of benzene rings is 3. The predicted octanol–water partition coefficient (Wildman–Crippen LogP) is 7.08. The smallest absolute Gasteiger partial charge is 0.157 e. The van der Waals surface area contributed by atoms with Crippen LogP contribution in [-0.2, 0) is 6.61 Å². The molecule has 0 bridgehead atoms. The van der Waals surface area contributed by atoms with Crippen molar-refractivity contribution < 1.29 is 9.13 Å². The summed E-state index contributed by atoms with van der Waals surface area (Å²) in [5, 5.41) is 0.790. The first kappa shape index (κ1) is 19.4. The molecule has 0 aromatic heterocycles. The lowest BCUT2D eigenvalue weighted by Crippen LogP contribution is -1.97. The first-order chi connectivity index (χ1) is 12.9. The minimum Gasteiger partial charge on any atom is -0.486 e. The fourth-order valence-electron chi connectivity index (χ4n) is 2.62. The summed E-state index contributed by atoms with van der Waals surface area (Å²) in [5.41, 5.74) is 4.79. The Hall–Kier alpha value is -2.36. The number of halogens is 3. The predicted molar refractivity (Wildman–Crippen MR) is 110 cm³/mol. The van der Waals surface area contributed by atoms with Gasteiger partial charge in [0, 0.05) is 6.21 Å². The summed E-state index contributed by atoms with van der Waals surface area (Å²) in [6, 6.07) is 15.7. The van der Waals surface area contributed by atoms with Gasteiger partial charge in [-0.3, -0.25) is 4.99 Å². The molecule has 0 atom stereocenters. The molecule has 27 heavy (non-hydrogen) atoms. The van der Waals surface area contributed by atoms with Crippen molar-refractivity contribution in [2.45, 2.75) is 20.5 Å². The van der Waals surface area contributed by atoms with Crippen LogP contribution in [0.25, 0.3) is 0 Å². The Balaban J connectivity index is 1.75. The first-order valence-electron chi connectivity index (χ1n) is 8.40. The highest BCUT2D eigenvalue weighted by Crippen LogP contribution is 2.34. The molecule has 0 aliphatic heterocycles. The van der Waals surface area contributed by atoms with Gasteiger partial charge in [0.05, 0.1) is 15.7 Å². The van der Waals surface area contributed by atoms with Crippen molar-refractivity contribution in [3.63, 3.8) is 0 Å². The van der Waals surface area contributed by atoms with Gasteiger partial charge in [-0.05, 0) is 60.9 Å². The molecule has 5 heteroatoms. The van der Waals surface area contributed by atoms with Crippen LogP contribution < -0.4 is 4.74 Å². The third-order valence-electron chi connectivity index (χ3n) is 4.02. The second kappa shape index (κ2) is 8.55. The van der Waals surface area contributed by atoms with Crippen LogP contribution in [0.2, 0.25) is 10.0 Å². The van der Waals surface area contributed by atoms with E-state index < -0.39 is 0 Å². The first-order valence-corrected chi connectivity index (χ1v) is 9.15. The van der Waals surface area contributed by atoms with E-state index in [2.05, 4.69) is 11.1 Å². The summed E-state index contributed by atoms with van der Waals surface area (Å²) in [5.74, 6) is 0.105. The maximum absolute atomic E-state index is 13.0. The van der Waals surface area contributed by atoms with Gasteiger partial charge in [-0.1, -0.05) is 53.0 Å². The molecule has 3 rings (SSSR count). The number of hydrogen-bond donors (Lipinski definition) is 0. The minimum absolute atomic E-state index is 0.246. The van der Waals surface area contributed by atoms with E-state index in [-0.39, 0.29) is 12.4 Å². The molecule has 0 saturated heterocycles. The Morgan fingerprint density at radius 1 is 0.963 bits per heavy atom. The van der Waals surface area contributed by atoms with Crippen LogP contribution in [0, 0.1) is 19.7 Å². The summed E-state index contributed by atoms with van der Waals surface area (Å²) in [7, 11) is 0. The topological polar surface area (TPSA) is 21.6 Å². The molecule has 0 unspecified atom stereocenters. The van der Waals surface area contributed by atoms with Gasteiger partial charge in [-0.15, -0.1) is 0 Å². The fourth-order valence-corrected chi connectivity index (χ4v) is 3.24. The van der Waals surface area contributed by atoms with Crippen LogP contribution in [0.4, 0.5) is 10.1 Å². The lowest BCUT2D eigenvalue weighted by atomic mass is 10.1. The summed E-state index contributed by atoms with van der Waals surface area (Å²) >= 11 is 12.7. The third kappa shape index (κ3) is 5.09. The van der Waals surface area contributed by atoms with Crippen molar-refractivity contribution in [1.29, 1.82) is 0 Å². The van der Waals surface area contributed by atoms with Crippen molar-refractivity contribution in [1.82, 2.24) is 0 Å². The van der Waals surface area contributed by atoms with Crippen molar-refractivity contribution >= 4 is 35.1 Å². The quantitative estimate of drug-likeness (QED) is 0.418. The normalized spacial score (nSPS) is 11.1. The van der Waals surface area contributed by atoms with E-state index in [4.69, 9.17) is 27.9 Å². The van der Waals surface area contributed by atoms with Gasteiger partial charge in [-0.25, -0.2) is 4.39 Å². The molecule has 2 nitrogen and oxygen atoms in total. The zero-order chi connectivity index (χ0) is 19.4. The molecule has 0 fully saturated rings. The van der Waals surface area contributed by atoms with Crippen molar-refractivity contribution in [3.8, 4) is 5.75 Å². The molecule has 3 aromatic rings. The van der Waals surface area contributed by atoms with Crippen LogP contribution >= 0.6 is 23.2 Å². The molecule has 0 radical (unpaired) electrons. The average molecular weight is 402 g/mol. The molecule has 138 valence electrons. The Kier molecular flexibility index (Phi) is 6.15. The zero-order valence-corrected chi connectivity index (χ0v) is 16.5. The molecular weight excluding hydrogens is 384 g/mol. The van der Waals surface area contributed by atoms with E-state index in [1.54, 1.807) is 30.5 Å². The van der Waals surface area contributed by atoms with Gasteiger partial charge >= 0.3 is 0 Å². The summed E-state index contributed by atoms with van der Waals surface area (Å²) < 4.78 is 18.7. The molecule has 3 aromatic carbocycles. The van der Waals surface area contributed by atoms with Crippen LogP contribution in [0.1, 0.15) is 22.3 Å². The molecule has 0 aliphatic carbocycles. The number of ether oxygens (including phenoxy) is 1. The van der Waals surface area contributed by atoms with E-state index in [1.165, 1.54) is 17.7 Å². The van der Waals surface area contributed by atoms with E-state index >= 15 is 0 Å². The van der Waals surface area contributed by atoms with Gasteiger partial charge in [0.15, 0.2) is 5.75 Å². The standard InChI is InChI=1S/C22H18Cl2FNO/c1-14-3-8-21(15(2)9-14)26-12-17-10-19(23)22(20(24)11-17)27-13-16-4-6-18(25)7-5-16/h3-12H,13H2,1-2H3. The highest BCUT2D eigenvalue weighted by atomic mass is 35.5. The van der Waals surface area contributed by atoms with Crippen LogP contribution in [0.3, 0.4) is 0 Å². The molecule has 0 amide bonds. The number of aliphatic imine (C=N–C) groups is 1. The van der Waals surface area contributed by atoms with E-state index in [0.717, 1.165) is 22.4 Å². The summed E-state index contributed by atoms with van der Waals surface area (Å²) in [6.07, 6.45) is 1.72. The van der Waals surface area contributed by atoms with Crippen LogP contribution in [0.15, 0.2) is 59.6 Å². The molecule has 0 heterocycles. The second-order valence-electron chi connectivity index (χ2n) is 6.28. The third-order valence-corrected chi connectivity index (χ3v) is 4.58.